The molecular weight excluding hydrogens is 421 g/mol. The summed E-state index contributed by atoms with van der Waals surface area (Å²) >= 11 is 0. The van der Waals surface area contributed by atoms with Crippen molar-refractivity contribution >= 4 is 17.5 Å². The highest BCUT2D eigenvalue weighted by Crippen LogP contribution is 2.34. The van der Waals surface area contributed by atoms with Crippen LogP contribution in [0.2, 0.25) is 0 Å². The number of halogens is 3. The smallest absolute Gasteiger partial charge is 0.337 e. The fourth-order valence-corrected chi connectivity index (χ4v) is 3.81. The molecule has 2 heterocycles. The highest BCUT2D eigenvalue weighted by molar-refractivity contribution is 5.98. The van der Waals surface area contributed by atoms with Crippen molar-refractivity contribution in [2.75, 3.05) is 31.5 Å². The van der Waals surface area contributed by atoms with Crippen LogP contribution in [0.5, 0.6) is 0 Å². The third-order valence-corrected chi connectivity index (χ3v) is 5.71. The molecule has 1 N–H and O–H groups in total. The van der Waals surface area contributed by atoms with E-state index in [9.17, 15) is 22.8 Å². The lowest BCUT2D eigenvalue weighted by Crippen LogP contribution is -2.35. The van der Waals surface area contributed by atoms with Crippen molar-refractivity contribution in [1.82, 2.24) is 14.8 Å². The van der Waals surface area contributed by atoms with Gasteiger partial charge in [-0.15, -0.1) is 0 Å². The van der Waals surface area contributed by atoms with Gasteiger partial charge >= 0.3 is 6.18 Å². The van der Waals surface area contributed by atoms with Gasteiger partial charge in [0.1, 0.15) is 0 Å². The Morgan fingerprint density at radius 1 is 1.06 bits per heavy atom. The number of anilines is 1. The van der Waals surface area contributed by atoms with Gasteiger partial charge in [-0.25, -0.2) is 0 Å². The Balaban J connectivity index is 1.48. The summed E-state index contributed by atoms with van der Waals surface area (Å²) in [5, 5.41) is 2.54. The van der Waals surface area contributed by atoms with Gasteiger partial charge < -0.3 is 10.2 Å². The van der Waals surface area contributed by atoms with Crippen molar-refractivity contribution in [1.29, 1.82) is 0 Å². The standard InChI is InChI=1S/C23H25F3N4O2/c24-23(25,26)18-12-17(13-20(14-18)28-21(31)16-5-6-16)22(32)30-9-3-8-29(10-11-30)15-19-4-1-2-7-27-19/h1-2,4,7,12-14,16H,3,5-6,8-11,15H2,(H,28,31). The van der Waals surface area contributed by atoms with Crippen LogP contribution in [0.4, 0.5) is 18.9 Å². The van der Waals surface area contributed by atoms with E-state index in [1.165, 1.54) is 6.07 Å². The zero-order valence-corrected chi connectivity index (χ0v) is 17.6. The normalized spacial score (nSPS) is 17.7. The third kappa shape index (κ3) is 5.64. The van der Waals surface area contributed by atoms with Gasteiger partial charge in [0.15, 0.2) is 0 Å². The van der Waals surface area contributed by atoms with Gasteiger partial charge in [-0.1, -0.05) is 6.07 Å². The van der Waals surface area contributed by atoms with Gasteiger partial charge in [0.2, 0.25) is 5.91 Å². The van der Waals surface area contributed by atoms with Crippen molar-refractivity contribution in [2.24, 2.45) is 5.92 Å². The minimum absolute atomic E-state index is 0.00618. The van der Waals surface area contributed by atoms with Gasteiger partial charge in [-0.2, -0.15) is 13.2 Å². The molecular formula is C23H25F3N4O2. The zero-order chi connectivity index (χ0) is 22.7. The average Bonchev–Trinajstić information content (AvgIpc) is 3.61. The van der Waals surface area contributed by atoms with Crippen LogP contribution in [0.3, 0.4) is 0 Å². The molecule has 0 radical (unpaired) electrons. The zero-order valence-electron chi connectivity index (χ0n) is 17.6. The molecule has 1 aromatic carbocycles. The van der Waals surface area contributed by atoms with Gasteiger partial charge in [-0.3, -0.25) is 19.5 Å². The molecule has 1 saturated carbocycles. The van der Waals surface area contributed by atoms with Crippen LogP contribution < -0.4 is 5.32 Å². The third-order valence-electron chi connectivity index (χ3n) is 5.71. The molecule has 2 amide bonds. The highest BCUT2D eigenvalue weighted by Gasteiger charge is 2.34. The van der Waals surface area contributed by atoms with Crippen molar-refractivity contribution in [3.63, 3.8) is 0 Å². The molecule has 0 unspecified atom stereocenters. The molecule has 4 rings (SSSR count). The van der Waals surface area contributed by atoms with Gasteiger partial charge in [-0.05, 0) is 49.6 Å². The first kappa shape index (κ1) is 22.3. The summed E-state index contributed by atoms with van der Waals surface area (Å²) in [5.74, 6) is -0.917. The van der Waals surface area contributed by atoms with Crippen LogP contribution in [0.1, 0.15) is 40.9 Å². The lowest BCUT2D eigenvalue weighted by atomic mass is 10.1. The predicted molar refractivity (Wildman–Crippen MR) is 113 cm³/mol. The van der Waals surface area contributed by atoms with E-state index in [0.29, 0.717) is 32.6 Å². The van der Waals surface area contributed by atoms with Crippen LogP contribution >= 0.6 is 0 Å². The van der Waals surface area contributed by atoms with Crippen molar-refractivity contribution in [3.05, 3.63) is 59.4 Å². The number of hydrogen-bond acceptors (Lipinski definition) is 4. The molecule has 2 aromatic rings. The predicted octanol–water partition coefficient (Wildman–Crippen LogP) is 3.80. The largest absolute Gasteiger partial charge is 0.416 e. The minimum atomic E-state index is -4.62. The fourth-order valence-electron chi connectivity index (χ4n) is 3.81. The SMILES string of the molecule is O=C(Nc1cc(C(=O)N2CCCN(Cc3ccccn3)CC2)cc(C(F)(F)F)c1)C1CC1. The number of nitrogens with zero attached hydrogens (tertiary/aromatic N) is 3. The number of carbonyl (C=O) groups is 2. The quantitative estimate of drug-likeness (QED) is 0.759. The minimum Gasteiger partial charge on any atom is -0.337 e. The number of alkyl halides is 3. The maximum atomic E-state index is 13.4. The first-order valence-corrected chi connectivity index (χ1v) is 10.7. The molecule has 1 aromatic heterocycles. The molecule has 170 valence electrons. The van der Waals surface area contributed by atoms with Gasteiger partial charge in [0.05, 0.1) is 11.3 Å². The van der Waals surface area contributed by atoms with Crippen LogP contribution in [0.25, 0.3) is 0 Å². The summed E-state index contributed by atoms with van der Waals surface area (Å²) in [7, 11) is 0. The molecule has 0 atom stereocenters. The first-order valence-electron chi connectivity index (χ1n) is 10.7. The molecule has 6 nitrogen and oxygen atoms in total. The molecule has 1 aliphatic carbocycles. The Hall–Kier alpha value is -2.94. The number of benzene rings is 1. The number of nitrogens with one attached hydrogen (secondary N) is 1. The van der Waals surface area contributed by atoms with E-state index in [-0.39, 0.29) is 23.1 Å². The van der Waals surface area contributed by atoms with E-state index >= 15 is 0 Å². The summed E-state index contributed by atoms with van der Waals surface area (Å²) in [6.45, 7) is 2.89. The molecule has 32 heavy (non-hydrogen) atoms. The van der Waals surface area contributed by atoms with E-state index in [0.717, 1.165) is 37.2 Å². The van der Waals surface area contributed by atoms with Crippen molar-refractivity contribution in [3.8, 4) is 0 Å². The highest BCUT2D eigenvalue weighted by atomic mass is 19.4. The van der Waals surface area contributed by atoms with Crippen molar-refractivity contribution < 1.29 is 22.8 Å². The number of aromatic nitrogens is 1. The molecule has 0 spiro atoms. The van der Waals surface area contributed by atoms with Crippen LogP contribution in [0.15, 0.2) is 42.6 Å². The van der Waals surface area contributed by atoms with Crippen LogP contribution in [0, 0.1) is 5.92 Å². The van der Waals surface area contributed by atoms with Crippen molar-refractivity contribution in [2.45, 2.75) is 32.0 Å². The second kappa shape index (κ2) is 9.28. The summed E-state index contributed by atoms with van der Waals surface area (Å²) in [5.41, 5.74) is -0.0713. The summed E-state index contributed by atoms with van der Waals surface area (Å²) in [4.78, 5) is 33.2. The summed E-state index contributed by atoms with van der Waals surface area (Å²) < 4.78 is 40.3. The Morgan fingerprint density at radius 2 is 1.88 bits per heavy atom. The molecule has 1 saturated heterocycles. The number of rotatable bonds is 5. The maximum absolute atomic E-state index is 13.4. The average molecular weight is 446 g/mol. The second-order valence-electron chi connectivity index (χ2n) is 8.30. The van der Waals surface area contributed by atoms with E-state index in [1.54, 1.807) is 11.1 Å². The lowest BCUT2D eigenvalue weighted by molar-refractivity contribution is -0.137. The number of carbonyl (C=O) groups excluding carboxylic acids is 2. The van der Waals surface area contributed by atoms with Crippen LogP contribution in [-0.2, 0) is 17.5 Å². The topological polar surface area (TPSA) is 65.5 Å². The van der Waals surface area contributed by atoms with E-state index in [2.05, 4.69) is 15.2 Å². The number of pyridine rings is 1. The molecule has 2 fully saturated rings. The van der Waals surface area contributed by atoms with Gasteiger partial charge in [0, 0.05) is 56.1 Å². The van der Waals surface area contributed by atoms with E-state index < -0.39 is 17.6 Å². The first-order chi connectivity index (χ1) is 15.3. The Bertz CT molecular complexity index is 977. The fraction of sp³-hybridized carbons (Fsp3) is 0.435. The maximum Gasteiger partial charge on any atom is 0.416 e. The Morgan fingerprint density at radius 3 is 2.56 bits per heavy atom. The number of hydrogen-bond donors (Lipinski definition) is 1. The lowest BCUT2D eigenvalue weighted by Gasteiger charge is -2.22. The van der Waals surface area contributed by atoms with Crippen LogP contribution in [-0.4, -0.2) is 52.8 Å². The van der Waals surface area contributed by atoms with E-state index in [1.807, 2.05) is 18.2 Å². The van der Waals surface area contributed by atoms with Gasteiger partial charge in [0.25, 0.3) is 5.91 Å². The molecule has 2 aliphatic rings. The monoisotopic (exact) mass is 446 g/mol. The number of amides is 2. The summed E-state index contributed by atoms with van der Waals surface area (Å²) in [6.07, 6.45) is -0.703. The summed E-state index contributed by atoms with van der Waals surface area (Å²) in [6, 6.07) is 8.80. The second-order valence-corrected chi connectivity index (χ2v) is 8.30. The van der Waals surface area contributed by atoms with E-state index in [4.69, 9.17) is 0 Å². The molecule has 0 bridgehead atoms. The molecule has 1 aliphatic heterocycles. The molecule has 9 heteroatoms. The Kier molecular flexibility index (Phi) is 6.45. The Labute approximate surface area is 184 Å².